The maximum atomic E-state index is 11.4. The molecule has 0 aliphatic heterocycles. The van der Waals surface area contributed by atoms with E-state index in [-0.39, 0.29) is 11.2 Å². The fraction of sp³-hybridized carbons (Fsp3) is 0.800. The second-order valence-electron chi connectivity index (χ2n) is 3.20. The van der Waals surface area contributed by atoms with Gasteiger partial charge in [0.05, 0.1) is 0 Å². The SMILES string of the molecule is C#[N+]CCC(CC)(CC)C(C)=O. The summed E-state index contributed by atoms with van der Waals surface area (Å²) < 4.78 is 0. The Morgan fingerprint density at radius 2 is 1.92 bits per heavy atom. The fourth-order valence-corrected chi connectivity index (χ4v) is 1.56. The molecule has 12 heavy (non-hydrogen) atoms. The monoisotopic (exact) mass is 168 g/mol. The Morgan fingerprint density at radius 1 is 1.42 bits per heavy atom. The number of carbonyl (C=O) groups is 1. The van der Waals surface area contributed by atoms with E-state index in [2.05, 4.69) is 4.85 Å². The van der Waals surface area contributed by atoms with Gasteiger partial charge >= 0.3 is 0 Å². The van der Waals surface area contributed by atoms with Gasteiger partial charge in [-0.25, -0.2) is 0 Å². The lowest BCUT2D eigenvalue weighted by atomic mass is 9.76. The van der Waals surface area contributed by atoms with Gasteiger partial charge in [-0.3, -0.25) is 4.79 Å². The molecular formula is C10H18NO+. The van der Waals surface area contributed by atoms with E-state index in [4.69, 9.17) is 6.57 Å². The summed E-state index contributed by atoms with van der Waals surface area (Å²) in [5, 5.41) is 0. The van der Waals surface area contributed by atoms with E-state index in [0.29, 0.717) is 6.54 Å². The molecule has 0 rings (SSSR count). The largest absolute Gasteiger partial charge is 0.299 e. The van der Waals surface area contributed by atoms with Crippen LogP contribution in [0, 0.1) is 12.0 Å². The van der Waals surface area contributed by atoms with Crippen LogP contribution in [0.15, 0.2) is 0 Å². The van der Waals surface area contributed by atoms with Crippen molar-refractivity contribution in [2.45, 2.75) is 40.0 Å². The summed E-state index contributed by atoms with van der Waals surface area (Å²) in [7, 11) is 0. The Balaban J connectivity index is 4.38. The van der Waals surface area contributed by atoms with Crippen LogP contribution in [-0.4, -0.2) is 12.3 Å². The van der Waals surface area contributed by atoms with Crippen molar-refractivity contribution in [2.24, 2.45) is 5.41 Å². The summed E-state index contributed by atoms with van der Waals surface area (Å²) in [4.78, 5) is 14.9. The molecule has 0 heterocycles. The lowest BCUT2D eigenvalue weighted by Gasteiger charge is -2.25. The van der Waals surface area contributed by atoms with Crippen molar-refractivity contribution in [1.82, 2.24) is 0 Å². The number of hydrogen-bond acceptors (Lipinski definition) is 1. The smallest absolute Gasteiger partial charge is 0.264 e. The van der Waals surface area contributed by atoms with Gasteiger partial charge < -0.3 is 0 Å². The van der Waals surface area contributed by atoms with Gasteiger partial charge in [-0.1, -0.05) is 18.7 Å². The van der Waals surface area contributed by atoms with Crippen LogP contribution in [0.5, 0.6) is 0 Å². The van der Waals surface area contributed by atoms with Crippen LogP contribution in [-0.2, 0) is 4.79 Å². The standard InChI is InChI=1S/C10H18NO/c1-5-10(6-2,9(3)12)7-8-11-4/h4H,5-8H2,1-3H3/q+1. The highest BCUT2D eigenvalue weighted by Gasteiger charge is 2.32. The van der Waals surface area contributed by atoms with Gasteiger partial charge in [-0.15, -0.1) is 0 Å². The molecular weight excluding hydrogens is 150 g/mol. The van der Waals surface area contributed by atoms with Crippen molar-refractivity contribution in [1.29, 1.82) is 0 Å². The third kappa shape index (κ3) is 2.34. The van der Waals surface area contributed by atoms with Gasteiger partial charge in [0.1, 0.15) is 5.78 Å². The predicted octanol–water partition coefficient (Wildman–Crippen LogP) is 2.73. The molecule has 0 N–H and O–H groups in total. The van der Waals surface area contributed by atoms with Crippen LogP contribution in [0.2, 0.25) is 0 Å². The number of Topliss-reactive ketones (excluding diaryl/α,β-unsaturated/α-hetero) is 1. The van der Waals surface area contributed by atoms with Crippen molar-refractivity contribution in [2.75, 3.05) is 6.54 Å². The Labute approximate surface area is 74.8 Å². The maximum Gasteiger partial charge on any atom is 0.264 e. The van der Waals surface area contributed by atoms with Gasteiger partial charge in [0.25, 0.3) is 13.1 Å². The molecule has 0 unspecified atom stereocenters. The first kappa shape index (κ1) is 11.2. The van der Waals surface area contributed by atoms with Crippen molar-refractivity contribution in [3.8, 4) is 6.57 Å². The molecule has 0 radical (unpaired) electrons. The third-order valence-electron chi connectivity index (χ3n) is 2.82. The normalized spacial score (nSPS) is 10.8. The highest BCUT2D eigenvalue weighted by Crippen LogP contribution is 2.31. The van der Waals surface area contributed by atoms with E-state index in [0.717, 1.165) is 19.3 Å². The molecule has 0 aromatic heterocycles. The van der Waals surface area contributed by atoms with Crippen LogP contribution < -0.4 is 0 Å². The zero-order valence-corrected chi connectivity index (χ0v) is 8.26. The van der Waals surface area contributed by atoms with Crippen molar-refractivity contribution in [3.05, 3.63) is 4.85 Å². The van der Waals surface area contributed by atoms with E-state index in [1.807, 2.05) is 13.8 Å². The maximum absolute atomic E-state index is 11.4. The molecule has 0 aliphatic rings. The van der Waals surface area contributed by atoms with Gasteiger partial charge in [-0.05, 0) is 19.8 Å². The molecule has 2 heteroatoms. The summed E-state index contributed by atoms with van der Waals surface area (Å²) in [5.41, 5.74) is -0.178. The van der Waals surface area contributed by atoms with Gasteiger partial charge in [0.15, 0.2) is 0 Å². The molecule has 0 aliphatic carbocycles. The van der Waals surface area contributed by atoms with Gasteiger partial charge in [0.2, 0.25) is 0 Å². The predicted molar refractivity (Wildman–Crippen MR) is 51.5 cm³/mol. The minimum absolute atomic E-state index is 0.178. The van der Waals surface area contributed by atoms with Gasteiger partial charge in [-0.2, -0.15) is 0 Å². The van der Waals surface area contributed by atoms with Crippen molar-refractivity contribution in [3.63, 3.8) is 0 Å². The van der Waals surface area contributed by atoms with E-state index in [1.54, 1.807) is 6.92 Å². The second kappa shape index (κ2) is 4.92. The van der Waals surface area contributed by atoms with Crippen molar-refractivity contribution >= 4 is 5.78 Å². The first-order valence-electron chi connectivity index (χ1n) is 4.50. The fourth-order valence-electron chi connectivity index (χ4n) is 1.56. The Kier molecular flexibility index (Phi) is 4.58. The van der Waals surface area contributed by atoms with E-state index < -0.39 is 0 Å². The lowest BCUT2D eigenvalue weighted by Crippen LogP contribution is -2.28. The zero-order valence-electron chi connectivity index (χ0n) is 8.26. The molecule has 0 spiro atoms. The summed E-state index contributed by atoms with van der Waals surface area (Å²) in [6.07, 6.45) is 2.55. The number of nitrogens with zero attached hydrogens (tertiary/aromatic N) is 1. The van der Waals surface area contributed by atoms with Crippen LogP contribution in [0.1, 0.15) is 40.0 Å². The molecule has 68 valence electrons. The molecule has 0 aromatic carbocycles. The topological polar surface area (TPSA) is 21.4 Å². The Bertz CT molecular complexity index is 187. The summed E-state index contributed by atoms with van der Waals surface area (Å²) in [6.45, 7) is 11.4. The highest BCUT2D eigenvalue weighted by molar-refractivity contribution is 5.82. The highest BCUT2D eigenvalue weighted by atomic mass is 16.1. The molecule has 0 atom stereocenters. The lowest BCUT2D eigenvalue weighted by molar-refractivity contribution is -0.127. The van der Waals surface area contributed by atoms with Crippen LogP contribution in [0.3, 0.4) is 0 Å². The molecule has 0 aromatic rings. The minimum Gasteiger partial charge on any atom is -0.299 e. The summed E-state index contributed by atoms with van der Waals surface area (Å²) >= 11 is 0. The minimum atomic E-state index is -0.178. The molecule has 2 nitrogen and oxygen atoms in total. The van der Waals surface area contributed by atoms with Crippen molar-refractivity contribution < 1.29 is 4.79 Å². The Morgan fingerprint density at radius 3 is 2.17 bits per heavy atom. The molecule has 0 amide bonds. The average Bonchev–Trinajstić information content (AvgIpc) is 2.07. The first-order chi connectivity index (χ1) is 5.63. The van der Waals surface area contributed by atoms with E-state index in [1.165, 1.54) is 0 Å². The molecule has 0 saturated heterocycles. The summed E-state index contributed by atoms with van der Waals surface area (Å²) in [6, 6.07) is 0. The number of rotatable bonds is 5. The first-order valence-corrected chi connectivity index (χ1v) is 4.50. The number of carbonyl (C=O) groups excluding carboxylic acids is 1. The second-order valence-corrected chi connectivity index (χ2v) is 3.20. The van der Waals surface area contributed by atoms with Gasteiger partial charge in [0, 0.05) is 11.8 Å². The number of hydrogen-bond donors (Lipinski definition) is 0. The molecule has 0 bridgehead atoms. The number of ketones is 1. The van der Waals surface area contributed by atoms with Crippen LogP contribution in [0.25, 0.3) is 4.85 Å². The quantitative estimate of drug-likeness (QED) is 0.618. The molecule has 0 fully saturated rings. The Hall–Kier alpha value is -0.840. The zero-order chi connectivity index (χ0) is 9.61. The van der Waals surface area contributed by atoms with Crippen LogP contribution in [0.4, 0.5) is 0 Å². The van der Waals surface area contributed by atoms with E-state index >= 15 is 0 Å². The average molecular weight is 168 g/mol. The third-order valence-corrected chi connectivity index (χ3v) is 2.82. The van der Waals surface area contributed by atoms with Crippen LogP contribution >= 0.6 is 0 Å². The molecule has 0 saturated carbocycles. The summed E-state index contributed by atoms with van der Waals surface area (Å²) in [5.74, 6) is 0.260. The van der Waals surface area contributed by atoms with E-state index in [9.17, 15) is 4.79 Å².